The molecule has 9 nitrogen and oxygen atoms in total. The van der Waals surface area contributed by atoms with Crippen molar-refractivity contribution in [2.45, 2.75) is 51.5 Å². The van der Waals surface area contributed by atoms with Crippen LogP contribution in [0.5, 0.6) is 11.6 Å². The molecule has 10 heteroatoms. The van der Waals surface area contributed by atoms with E-state index in [9.17, 15) is 4.79 Å². The Morgan fingerprint density at radius 2 is 2.12 bits per heavy atom. The summed E-state index contributed by atoms with van der Waals surface area (Å²) in [5, 5.41) is 11.0. The lowest BCUT2D eigenvalue weighted by molar-refractivity contribution is 0.210. The van der Waals surface area contributed by atoms with Crippen LogP contribution in [0.3, 0.4) is 0 Å². The second-order valence-corrected chi connectivity index (χ2v) is 9.18. The number of rotatable bonds is 8. The van der Waals surface area contributed by atoms with E-state index in [2.05, 4.69) is 15.6 Å². The molecule has 1 aliphatic carbocycles. The molecule has 34 heavy (non-hydrogen) atoms. The number of hydrogen-bond acceptors (Lipinski definition) is 7. The minimum atomic E-state index is -0.696. The number of aryl methyl sites for hydroxylation is 2. The van der Waals surface area contributed by atoms with Crippen LogP contribution in [0.2, 0.25) is 5.02 Å². The van der Waals surface area contributed by atoms with Crippen LogP contribution in [0.4, 0.5) is 10.5 Å². The van der Waals surface area contributed by atoms with Crippen LogP contribution in [0.1, 0.15) is 44.3 Å². The number of carbonyl (C=O) groups is 1. The predicted octanol–water partition coefficient (Wildman–Crippen LogP) is 5.32. The third kappa shape index (κ3) is 6.09. The van der Waals surface area contributed by atoms with Gasteiger partial charge in [0.15, 0.2) is 0 Å². The lowest BCUT2D eigenvalue weighted by Gasteiger charge is -2.25. The van der Waals surface area contributed by atoms with Crippen molar-refractivity contribution in [3.05, 3.63) is 41.2 Å². The fraction of sp³-hybridized carbons (Fsp3) is 0.458. The van der Waals surface area contributed by atoms with Gasteiger partial charge >= 0.3 is 6.09 Å². The zero-order valence-corrected chi connectivity index (χ0v) is 20.2. The Labute approximate surface area is 203 Å². The summed E-state index contributed by atoms with van der Waals surface area (Å²) >= 11 is 6.42. The van der Waals surface area contributed by atoms with E-state index in [1.165, 1.54) is 38.2 Å². The van der Waals surface area contributed by atoms with Gasteiger partial charge in [-0.15, -0.1) is 0 Å². The minimum absolute atomic E-state index is 0.0587. The summed E-state index contributed by atoms with van der Waals surface area (Å²) in [6, 6.07) is 6.73. The first-order chi connectivity index (χ1) is 16.4. The van der Waals surface area contributed by atoms with Gasteiger partial charge in [0.1, 0.15) is 18.1 Å². The van der Waals surface area contributed by atoms with Gasteiger partial charge in [0.05, 0.1) is 16.9 Å². The van der Waals surface area contributed by atoms with Crippen molar-refractivity contribution >= 4 is 23.4 Å². The molecule has 1 amide bonds. The van der Waals surface area contributed by atoms with Gasteiger partial charge in [-0.1, -0.05) is 43.7 Å². The monoisotopic (exact) mass is 487 g/mol. The van der Waals surface area contributed by atoms with Crippen LogP contribution in [-0.2, 0) is 7.05 Å². The van der Waals surface area contributed by atoms with E-state index in [0.717, 1.165) is 6.42 Å². The quantitative estimate of drug-likeness (QED) is 0.441. The zero-order chi connectivity index (χ0) is 24.1. The normalized spacial score (nSPS) is 15.2. The van der Waals surface area contributed by atoms with Crippen molar-refractivity contribution in [2.24, 2.45) is 18.7 Å². The molecule has 0 radical (unpaired) electrons. The predicted molar refractivity (Wildman–Crippen MR) is 129 cm³/mol. The number of hydrogen-bond donors (Lipinski definition) is 2. The largest absolute Gasteiger partial charge is 0.491 e. The first-order valence-corrected chi connectivity index (χ1v) is 11.9. The number of benzene rings is 1. The Hall–Kier alpha value is -3.04. The van der Waals surface area contributed by atoms with Crippen molar-refractivity contribution in [2.75, 3.05) is 11.9 Å². The van der Waals surface area contributed by atoms with Crippen molar-refractivity contribution in [3.8, 4) is 22.9 Å². The Morgan fingerprint density at radius 3 is 2.79 bits per heavy atom. The van der Waals surface area contributed by atoms with Gasteiger partial charge in [0.25, 0.3) is 5.88 Å². The van der Waals surface area contributed by atoms with Crippen molar-refractivity contribution in [3.63, 3.8) is 0 Å². The highest BCUT2D eigenvalue weighted by atomic mass is 35.5. The lowest BCUT2D eigenvalue weighted by Crippen LogP contribution is -2.31. The van der Waals surface area contributed by atoms with E-state index >= 15 is 0 Å². The number of nitrogens with two attached hydrogens (primary N) is 1. The molecule has 0 aliphatic heterocycles. The third-order valence-electron chi connectivity index (χ3n) is 5.99. The second-order valence-electron chi connectivity index (χ2n) is 8.78. The molecule has 3 N–H and O–H groups in total. The molecule has 1 aliphatic rings. The van der Waals surface area contributed by atoms with Crippen LogP contribution in [0.15, 0.2) is 35.0 Å². The van der Waals surface area contributed by atoms with Crippen molar-refractivity contribution < 1.29 is 18.8 Å². The maximum atomic E-state index is 12.3. The second kappa shape index (κ2) is 10.9. The van der Waals surface area contributed by atoms with Gasteiger partial charge in [0, 0.05) is 30.4 Å². The molecule has 4 rings (SSSR count). The average molecular weight is 488 g/mol. The molecule has 1 saturated carbocycles. The molecule has 3 aromatic rings. The number of ether oxygens (including phenoxy) is 2. The van der Waals surface area contributed by atoms with E-state index in [1.54, 1.807) is 43.0 Å². The van der Waals surface area contributed by atoms with Gasteiger partial charge in [-0.05, 0) is 42.6 Å². The molecule has 1 atom stereocenters. The van der Waals surface area contributed by atoms with Gasteiger partial charge in [0.2, 0.25) is 0 Å². The molecule has 0 spiro atoms. The highest BCUT2D eigenvalue weighted by Gasteiger charge is 2.20. The standard InChI is InChI=1S/C24H30ClN5O4/c1-15-10-22(29-34-15)33-24(31)28-18-8-9-21(19(12-18)23-20(25)13-27-30(23)2)32-14-17(26)11-16-6-4-3-5-7-16/h8-10,12-13,16-17H,3-7,11,14,26H2,1-2H3,(H,28,31)/t17-/m0/s1. The molecule has 1 aromatic carbocycles. The number of carbonyl (C=O) groups excluding carboxylic acids is 1. The van der Waals surface area contributed by atoms with Gasteiger partial charge in [-0.3, -0.25) is 10.00 Å². The van der Waals surface area contributed by atoms with Crippen LogP contribution in [0, 0.1) is 12.8 Å². The van der Waals surface area contributed by atoms with Gasteiger partial charge in [-0.25, -0.2) is 4.79 Å². The fourth-order valence-electron chi connectivity index (χ4n) is 4.38. The van der Waals surface area contributed by atoms with Gasteiger partial charge < -0.3 is 19.7 Å². The SMILES string of the molecule is Cc1cc(OC(=O)Nc2ccc(OC[C@@H](N)CC3CCCCC3)c(-c3c(Cl)cnn3C)c2)no1. The Kier molecular flexibility index (Phi) is 7.74. The molecule has 1 fully saturated rings. The van der Waals surface area contributed by atoms with Crippen molar-refractivity contribution in [1.82, 2.24) is 14.9 Å². The molecule has 0 saturated heterocycles. The number of aromatic nitrogens is 3. The summed E-state index contributed by atoms with van der Waals surface area (Å²) in [6.45, 7) is 2.10. The van der Waals surface area contributed by atoms with E-state index in [4.69, 9.17) is 31.3 Å². The summed E-state index contributed by atoms with van der Waals surface area (Å²) in [6.07, 6.45) is 8.21. The fourth-order valence-corrected chi connectivity index (χ4v) is 4.65. The summed E-state index contributed by atoms with van der Waals surface area (Å²) in [4.78, 5) is 12.3. The number of nitrogens with zero attached hydrogens (tertiary/aromatic N) is 3. The third-order valence-corrected chi connectivity index (χ3v) is 6.27. The highest BCUT2D eigenvalue weighted by Crippen LogP contribution is 2.37. The topological polar surface area (TPSA) is 117 Å². The van der Waals surface area contributed by atoms with E-state index in [1.807, 2.05) is 0 Å². The molecule has 182 valence electrons. The molecular formula is C24H30ClN5O4. The van der Waals surface area contributed by atoms with Crippen LogP contribution >= 0.6 is 11.6 Å². The van der Waals surface area contributed by atoms with Gasteiger partial charge in [-0.2, -0.15) is 5.10 Å². The first kappa shape index (κ1) is 24.1. The highest BCUT2D eigenvalue weighted by molar-refractivity contribution is 6.33. The van der Waals surface area contributed by atoms with Crippen molar-refractivity contribution in [1.29, 1.82) is 0 Å². The molecule has 0 bridgehead atoms. The number of amides is 1. The lowest BCUT2D eigenvalue weighted by atomic mass is 9.85. The molecule has 2 heterocycles. The smallest absolute Gasteiger partial charge is 0.418 e. The minimum Gasteiger partial charge on any atom is -0.491 e. The summed E-state index contributed by atoms with van der Waals surface area (Å²) in [5.41, 5.74) is 8.25. The summed E-state index contributed by atoms with van der Waals surface area (Å²) in [5.74, 6) is 1.90. The number of anilines is 1. The Morgan fingerprint density at radius 1 is 1.32 bits per heavy atom. The van der Waals surface area contributed by atoms with E-state index in [0.29, 0.717) is 46.0 Å². The number of halogens is 1. The maximum absolute atomic E-state index is 12.3. The van der Waals surface area contributed by atoms with Crippen LogP contribution in [-0.4, -0.2) is 33.7 Å². The average Bonchev–Trinajstić information content (AvgIpc) is 3.37. The van der Waals surface area contributed by atoms with E-state index < -0.39 is 6.09 Å². The number of nitrogens with one attached hydrogen (secondary N) is 1. The Bertz CT molecular complexity index is 1100. The summed E-state index contributed by atoms with van der Waals surface area (Å²) in [7, 11) is 1.79. The van der Waals surface area contributed by atoms with Crippen LogP contribution < -0.4 is 20.5 Å². The maximum Gasteiger partial charge on any atom is 0.418 e. The summed E-state index contributed by atoms with van der Waals surface area (Å²) < 4.78 is 17.9. The van der Waals surface area contributed by atoms with Crippen LogP contribution in [0.25, 0.3) is 11.3 Å². The molecule has 0 unspecified atom stereocenters. The Balaban J connectivity index is 1.48. The molecule has 2 aromatic heterocycles. The first-order valence-electron chi connectivity index (χ1n) is 11.5. The molecular weight excluding hydrogens is 458 g/mol. The zero-order valence-electron chi connectivity index (χ0n) is 19.4. The van der Waals surface area contributed by atoms with E-state index in [-0.39, 0.29) is 11.9 Å².